The molecule has 5 nitrogen and oxygen atoms in total. The van der Waals surface area contributed by atoms with Crippen molar-refractivity contribution in [1.29, 1.82) is 0 Å². The van der Waals surface area contributed by atoms with Crippen molar-refractivity contribution in [3.8, 4) is 0 Å². The van der Waals surface area contributed by atoms with Gasteiger partial charge in [0.25, 0.3) is 10.2 Å². The van der Waals surface area contributed by atoms with E-state index in [4.69, 9.17) is 0 Å². The van der Waals surface area contributed by atoms with Crippen LogP contribution in [0, 0.1) is 5.92 Å². The second-order valence-corrected chi connectivity index (χ2v) is 7.14. The number of nitrogens with zero attached hydrogens (tertiary/aromatic N) is 1. The van der Waals surface area contributed by atoms with Crippen molar-refractivity contribution < 1.29 is 8.42 Å². The predicted molar refractivity (Wildman–Crippen MR) is 79.3 cm³/mol. The van der Waals surface area contributed by atoms with Crippen molar-refractivity contribution in [1.82, 2.24) is 14.3 Å². The first-order valence-electron chi connectivity index (χ1n) is 7.48. The fourth-order valence-electron chi connectivity index (χ4n) is 2.28. The average Bonchev–Trinajstić information content (AvgIpc) is 2.42. The maximum Gasteiger partial charge on any atom is 0.279 e. The van der Waals surface area contributed by atoms with Crippen LogP contribution in [-0.4, -0.2) is 44.9 Å². The van der Waals surface area contributed by atoms with Crippen molar-refractivity contribution in [2.24, 2.45) is 5.92 Å². The Balaban J connectivity index is 2.61. The smallest absolute Gasteiger partial charge is 0.279 e. The average molecular weight is 291 g/mol. The van der Waals surface area contributed by atoms with Crippen LogP contribution in [0.4, 0.5) is 0 Å². The van der Waals surface area contributed by atoms with E-state index in [2.05, 4.69) is 23.9 Å². The summed E-state index contributed by atoms with van der Waals surface area (Å²) in [7, 11) is -3.32. The van der Waals surface area contributed by atoms with E-state index in [-0.39, 0.29) is 6.04 Å². The third-order valence-corrected chi connectivity index (χ3v) is 5.45. The van der Waals surface area contributed by atoms with Gasteiger partial charge in [0.2, 0.25) is 0 Å². The second-order valence-electron chi connectivity index (χ2n) is 5.43. The van der Waals surface area contributed by atoms with Gasteiger partial charge in [-0.05, 0) is 25.3 Å². The summed E-state index contributed by atoms with van der Waals surface area (Å²) in [4.78, 5) is 0. The number of hydrogen-bond donors (Lipinski definition) is 2. The highest BCUT2D eigenvalue weighted by atomic mass is 32.2. The van der Waals surface area contributed by atoms with E-state index in [1.807, 2.05) is 6.92 Å². The van der Waals surface area contributed by atoms with Crippen LogP contribution in [-0.2, 0) is 10.2 Å². The standard InChI is InChI=1S/C13H29N3O2S/c1-4-12(3)10-15-19(17,18)16-9-7-6-8-13(16)11-14-5-2/h12-15H,4-11H2,1-3H3. The summed E-state index contributed by atoms with van der Waals surface area (Å²) in [6, 6.07) is 0.100. The summed E-state index contributed by atoms with van der Waals surface area (Å²) in [5, 5.41) is 3.26. The second kappa shape index (κ2) is 8.19. The van der Waals surface area contributed by atoms with Gasteiger partial charge >= 0.3 is 0 Å². The molecule has 2 N–H and O–H groups in total. The molecule has 0 bridgehead atoms. The fourth-order valence-corrected chi connectivity index (χ4v) is 3.88. The van der Waals surface area contributed by atoms with E-state index < -0.39 is 10.2 Å². The zero-order valence-electron chi connectivity index (χ0n) is 12.5. The summed E-state index contributed by atoms with van der Waals surface area (Å²) in [5.74, 6) is 0.381. The van der Waals surface area contributed by atoms with E-state index in [1.165, 1.54) is 0 Å². The molecule has 1 saturated heterocycles. The van der Waals surface area contributed by atoms with E-state index in [0.29, 0.717) is 19.0 Å². The van der Waals surface area contributed by atoms with Crippen molar-refractivity contribution in [3.05, 3.63) is 0 Å². The molecule has 2 atom stereocenters. The highest BCUT2D eigenvalue weighted by Gasteiger charge is 2.31. The highest BCUT2D eigenvalue weighted by Crippen LogP contribution is 2.19. The van der Waals surface area contributed by atoms with E-state index in [9.17, 15) is 8.42 Å². The number of nitrogens with one attached hydrogen (secondary N) is 2. The van der Waals surface area contributed by atoms with Crippen LogP contribution in [0.25, 0.3) is 0 Å². The molecule has 0 radical (unpaired) electrons. The van der Waals surface area contributed by atoms with Crippen LogP contribution in [0.2, 0.25) is 0 Å². The van der Waals surface area contributed by atoms with Crippen molar-refractivity contribution in [3.63, 3.8) is 0 Å². The molecule has 1 fully saturated rings. The Morgan fingerprint density at radius 3 is 2.68 bits per heavy atom. The summed E-state index contributed by atoms with van der Waals surface area (Å²) in [5.41, 5.74) is 0. The van der Waals surface area contributed by atoms with Gasteiger partial charge in [-0.1, -0.05) is 33.6 Å². The van der Waals surface area contributed by atoms with Gasteiger partial charge in [0.1, 0.15) is 0 Å². The molecule has 0 saturated carbocycles. The maximum atomic E-state index is 12.4. The number of likely N-dealkylation sites (N-methyl/N-ethyl adjacent to an activating group) is 1. The Morgan fingerprint density at radius 2 is 2.05 bits per heavy atom. The van der Waals surface area contributed by atoms with Crippen LogP contribution >= 0.6 is 0 Å². The van der Waals surface area contributed by atoms with E-state index in [0.717, 1.165) is 38.8 Å². The molecule has 19 heavy (non-hydrogen) atoms. The maximum absolute atomic E-state index is 12.4. The Bertz CT molecular complexity index is 346. The van der Waals surface area contributed by atoms with Gasteiger partial charge in [0.15, 0.2) is 0 Å². The lowest BCUT2D eigenvalue weighted by molar-refractivity contribution is 0.243. The largest absolute Gasteiger partial charge is 0.315 e. The van der Waals surface area contributed by atoms with Crippen molar-refractivity contribution >= 4 is 10.2 Å². The minimum Gasteiger partial charge on any atom is -0.315 e. The van der Waals surface area contributed by atoms with Crippen LogP contribution in [0.3, 0.4) is 0 Å². The first-order valence-corrected chi connectivity index (χ1v) is 8.92. The van der Waals surface area contributed by atoms with Gasteiger partial charge < -0.3 is 5.32 Å². The minimum absolute atomic E-state index is 0.100. The van der Waals surface area contributed by atoms with Gasteiger partial charge in [-0.2, -0.15) is 12.7 Å². The Morgan fingerprint density at radius 1 is 1.32 bits per heavy atom. The van der Waals surface area contributed by atoms with E-state index >= 15 is 0 Å². The lowest BCUT2D eigenvalue weighted by Gasteiger charge is -2.35. The summed E-state index contributed by atoms with van der Waals surface area (Å²) in [6.45, 7) is 8.99. The molecule has 0 spiro atoms. The molecule has 0 aromatic rings. The van der Waals surface area contributed by atoms with Crippen LogP contribution < -0.4 is 10.0 Å². The molecule has 6 heteroatoms. The minimum atomic E-state index is -3.32. The molecule has 1 aliphatic heterocycles. The zero-order valence-corrected chi connectivity index (χ0v) is 13.3. The predicted octanol–water partition coefficient (Wildman–Crippen LogP) is 1.33. The van der Waals surface area contributed by atoms with Crippen molar-refractivity contribution in [2.45, 2.75) is 52.5 Å². The summed E-state index contributed by atoms with van der Waals surface area (Å²) in [6.07, 6.45) is 4.03. The molecule has 0 aliphatic carbocycles. The number of hydrogen-bond acceptors (Lipinski definition) is 3. The van der Waals surface area contributed by atoms with Gasteiger partial charge in [-0.3, -0.25) is 0 Å². The molecule has 1 aliphatic rings. The zero-order chi connectivity index (χ0) is 14.3. The normalized spacial score (nSPS) is 23.4. The molecule has 0 amide bonds. The van der Waals surface area contributed by atoms with Gasteiger partial charge in [-0.15, -0.1) is 0 Å². The topological polar surface area (TPSA) is 61.4 Å². The first-order chi connectivity index (χ1) is 9.01. The SMILES string of the molecule is CCNCC1CCCCN1S(=O)(=O)NCC(C)CC. The molecule has 1 heterocycles. The molecule has 0 aromatic carbocycles. The third kappa shape index (κ3) is 5.38. The van der Waals surface area contributed by atoms with Crippen LogP contribution in [0.5, 0.6) is 0 Å². The Kier molecular flexibility index (Phi) is 7.28. The molecule has 1 rings (SSSR count). The van der Waals surface area contributed by atoms with E-state index in [1.54, 1.807) is 4.31 Å². The van der Waals surface area contributed by atoms with Gasteiger partial charge in [-0.25, -0.2) is 4.72 Å². The lowest BCUT2D eigenvalue weighted by atomic mass is 10.1. The number of piperidine rings is 1. The number of rotatable bonds is 8. The van der Waals surface area contributed by atoms with Crippen LogP contribution in [0.15, 0.2) is 0 Å². The fraction of sp³-hybridized carbons (Fsp3) is 1.00. The molecule has 0 aromatic heterocycles. The van der Waals surface area contributed by atoms with Gasteiger partial charge in [0, 0.05) is 25.7 Å². The third-order valence-electron chi connectivity index (χ3n) is 3.82. The summed E-state index contributed by atoms with van der Waals surface area (Å²) >= 11 is 0. The quantitative estimate of drug-likeness (QED) is 0.709. The Hall–Kier alpha value is -0.170. The molecule has 114 valence electrons. The molecular weight excluding hydrogens is 262 g/mol. The highest BCUT2D eigenvalue weighted by molar-refractivity contribution is 7.87. The van der Waals surface area contributed by atoms with Gasteiger partial charge in [0.05, 0.1) is 0 Å². The lowest BCUT2D eigenvalue weighted by Crippen LogP contribution is -2.52. The Labute approximate surface area is 118 Å². The van der Waals surface area contributed by atoms with Crippen LogP contribution in [0.1, 0.15) is 46.5 Å². The molecule has 2 unspecified atom stereocenters. The first kappa shape index (κ1) is 16.9. The summed E-state index contributed by atoms with van der Waals surface area (Å²) < 4.78 is 29.1. The monoisotopic (exact) mass is 291 g/mol. The van der Waals surface area contributed by atoms with Crippen molar-refractivity contribution in [2.75, 3.05) is 26.2 Å². The molecular formula is C13H29N3O2S.